The average molecular weight is 676 g/mol. The van der Waals surface area contributed by atoms with Crippen LogP contribution in [0.3, 0.4) is 0 Å². The minimum atomic E-state index is -1.06. The largest absolute Gasteiger partial charge is 0.480 e. The second-order valence-corrected chi connectivity index (χ2v) is 12.3. The van der Waals surface area contributed by atoms with Crippen LogP contribution in [0.4, 0.5) is 5.69 Å². The van der Waals surface area contributed by atoms with Crippen molar-refractivity contribution in [3.63, 3.8) is 0 Å². The number of rotatable bonds is 14. The highest BCUT2D eigenvalue weighted by Crippen LogP contribution is 2.27. The van der Waals surface area contributed by atoms with E-state index in [1.165, 1.54) is 0 Å². The molecule has 1 aliphatic heterocycles. The lowest BCUT2D eigenvalue weighted by molar-refractivity contribution is -0.142. The Kier molecular flexibility index (Phi) is 14.1. The Morgan fingerprint density at radius 2 is 0.939 bits per heavy atom. The number of benzene rings is 3. The molecule has 13 nitrogen and oxygen atoms in total. The lowest BCUT2D eigenvalue weighted by atomic mass is 10.0. The molecule has 4 rings (SSSR count). The molecule has 1 heterocycles. The zero-order valence-corrected chi connectivity index (χ0v) is 27.5. The highest BCUT2D eigenvalue weighted by molar-refractivity contribution is 5.70. The molecule has 1 atom stereocenters. The maximum atomic E-state index is 12.1. The number of anilines is 1. The third kappa shape index (κ3) is 12.6. The van der Waals surface area contributed by atoms with E-state index in [1.54, 1.807) is 19.6 Å². The Labute approximate surface area is 286 Å². The van der Waals surface area contributed by atoms with Gasteiger partial charge in [0.05, 0.1) is 26.2 Å². The number of hydrogen-bond donors (Lipinski definition) is 4. The van der Waals surface area contributed by atoms with E-state index in [0.717, 1.165) is 22.4 Å². The van der Waals surface area contributed by atoms with Crippen molar-refractivity contribution in [1.82, 2.24) is 19.6 Å². The molecule has 1 saturated heterocycles. The van der Waals surface area contributed by atoms with Gasteiger partial charge in [-0.3, -0.25) is 38.8 Å². The van der Waals surface area contributed by atoms with Crippen LogP contribution in [-0.4, -0.2) is 136 Å². The first kappa shape index (κ1) is 37.0. The van der Waals surface area contributed by atoms with Crippen molar-refractivity contribution >= 4 is 29.6 Å². The van der Waals surface area contributed by atoms with Crippen molar-refractivity contribution in [3.8, 4) is 0 Å². The SMILES string of the molecule is O=C(O)CN1CCN(CC(=O)O)CCN(CC(=O)O)C(c2ccc(N(Cc3ccccc3)Cc3ccccc3)cc2)CN(CC(=O)O)CC1. The van der Waals surface area contributed by atoms with Crippen molar-refractivity contribution in [2.24, 2.45) is 0 Å². The molecule has 0 bridgehead atoms. The summed E-state index contributed by atoms with van der Waals surface area (Å²) in [6.07, 6.45) is 0. The number of carboxylic acid groups (broad SMARTS) is 4. The van der Waals surface area contributed by atoms with Gasteiger partial charge in [0.2, 0.25) is 0 Å². The van der Waals surface area contributed by atoms with Crippen LogP contribution in [-0.2, 0) is 32.3 Å². The third-order valence-electron chi connectivity index (χ3n) is 8.53. The molecular formula is C36H45N5O8. The van der Waals surface area contributed by atoms with E-state index in [2.05, 4.69) is 29.2 Å². The predicted octanol–water partition coefficient (Wildman–Crippen LogP) is 2.49. The van der Waals surface area contributed by atoms with Gasteiger partial charge < -0.3 is 25.3 Å². The maximum Gasteiger partial charge on any atom is 0.317 e. The molecule has 0 aliphatic carbocycles. The minimum Gasteiger partial charge on any atom is -0.480 e. The van der Waals surface area contributed by atoms with Gasteiger partial charge >= 0.3 is 23.9 Å². The van der Waals surface area contributed by atoms with E-state index in [4.69, 9.17) is 0 Å². The fourth-order valence-electron chi connectivity index (χ4n) is 6.13. The third-order valence-corrected chi connectivity index (χ3v) is 8.53. The van der Waals surface area contributed by atoms with Crippen LogP contribution in [0.5, 0.6) is 0 Å². The van der Waals surface area contributed by atoms with Crippen molar-refractivity contribution < 1.29 is 39.6 Å². The predicted molar refractivity (Wildman–Crippen MR) is 183 cm³/mol. The number of carbonyl (C=O) groups is 4. The monoisotopic (exact) mass is 675 g/mol. The Balaban J connectivity index is 1.69. The van der Waals surface area contributed by atoms with Crippen molar-refractivity contribution in [2.75, 3.05) is 76.9 Å². The van der Waals surface area contributed by atoms with Gasteiger partial charge in [-0.05, 0) is 28.8 Å². The summed E-state index contributed by atoms with van der Waals surface area (Å²) in [5, 5.41) is 38.7. The lowest BCUT2D eigenvalue weighted by Crippen LogP contribution is -2.50. The van der Waals surface area contributed by atoms with Crippen LogP contribution in [0.15, 0.2) is 84.9 Å². The first-order valence-corrected chi connectivity index (χ1v) is 16.3. The molecule has 4 N–H and O–H groups in total. The van der Waals surface area contributed by atoms with Gasteiger partial charge in [-0.15, -0.1) is 0 Å². The van der Waals surface area contributed by atoms with Crippen LogP contribution < -0.4 is 4.90 Å². The van der Waals surface area contributed by atoms with Crippen LogP contribution in [0, 0.1) is 0 Å². The molecule has 0 saturated carbocycles. The van der Waals surface area contributed by atoms with E-state index in [9.17, 15) is 39.6 Å². The van der Waals surface area contributed by atoms with E-state index in [0.29, 0.717) is 13.1 Å². The Morgan fingerprint density at radius 3 is 1.39 bits per heavy atom. The minimum absolute atomic E-state index is 0.163. The normalized spacial score (nSPS) is 17.4. The summed E-state index contributed by atoms with van der Waals surface area (Å²) in [7, 11) is 0. The van der Waals surface area contributed by atoms with Gasteiger partial charge in [-0.1, -0.05) is 72.8 Å². The molecule has 1 fully saturated rings. The summed E-state index contributed by atoms with van der Waals surface area (Å²) < 4.78 is 0. The standard InChI is InChI=1S/C36H45N5O8/c42-33(43)24-37-15-16-38(25-34(44)45)19-20-40(27-36(48)49)32(23-39(18-17-37)26-35(46)47)30-11-13-31(14-12-30)41(21-28-7-3-1-4-8-28)22-29-9-5-2-6-10-29/h1-14,32H,15-27H2,(H,42,43)(H,44,45)(H,46,47)(H,48,49). The molecule has 0 aromatic heterocycles. The summed E-state index contributed by atoms with van der Waals surface area (Å²) in [4.78, 5) is 56.4. The van der Waals surface area contributed by atoms with E-state index < -0.39 is 29.9 Å². The molecule has 13 heteroatoms. The van der Waals surface area contributed by atoms with Crippen LogP contribution >= 0.6 is 0 Å². The maximum absolute atomic E-state index is 12.1. The average Bonchev–Trinajstić information content (AvgIpc) is 3.05. The zero-order valence-electron chi connectivity index (χ0n) is 27.5. The van der Waals surface area contributed by atoms with Gasteiger partial charge in [0, 0.05) is 70.6 Å². The molecule has 262 valence electrons. The number of aliphatic carboxylic acids is 4. The Hall–Kier alpha value is -4.82. The summed E-state index contributed by atoms with van der Waals surface area (Å²) in [5.74, 6) is -4.20. The smallest absolute Gasteiger partial charge is 0.317 e. The molecule has 0 spiro atoms. The van der Waals surface area contributed by atoms with Gasteiger partial charge in [0.25, 0.3) is 0 Å². The number of nitrogens with zero attached hydrogens (tertiary/aromatic N) is 5. The van der Waals surface area contributed by atoms with Crippen LogP contribution in [0.2, 0.25) is 0 Å². The van der Waals surface area contributed by atoms with Crippen LogP contribution in [0.25, 0.3) is 0 Å². The highest BCUT2D eigenvalue weighted by atomic mass is 16.4. The Morgan fingerprint density at radius 1 is 0.531 bits per heavy atom. The van der Waals surface area contributed by atoms with Gasteiger partial charge in [0.1, 0.15) is 0 Å². The van der Waals surface area contributed by atoms with E-state index in [-0.39, 0.29) is 72.0 Å². The molecule has 0 radical (unpaired) electrons. The first-order valence-electron chi connectivity index (χ1n) is 16.3. The zero-order chi connectivity index (χ0) is 35.2. The van der Waals surface area contributed by atoms with Crippen molar-refractivity contribution in [2.45, 2.75) is 19.1 Å². The van der Waals surface area contributed by atoms with Gasteiger partial charge in [-0.2, -0.15) is 0 Å². The topological polar surface area (TPSA) is 165 Å². The number of carboxylic acids is 4. The summed E-state index contributed by atoms with van der Waals surface area (Å²) in [6, 6.07) is 27.5. The lowest BCUT2D eigenvalue weighted by Gasteiger charge is -2.38. The second kappa shape index (κ2) is 18.7. The summed E-state index contributed by atoms with van der Waals surface area (Å²) in [5.41, 5.74) is 4.01. The fraction of sp³-hybridized carbons (Fsp3) is 0.389. The molecule has 3 aromatic carbocycles. The van der Waals surface area contributed by atoms with E-state index in [1.807, 2.05) is 60.7 Å². The number of hydrogen-bond acceptors (Lipinski definition) is 9. The molecule has 1 aliphatic rings. The molecule has 0 amide bonds. The van der Waals surface area contributed by atoms with Crippen LogP contribution in [0.1, 0.15) is 22.7 Å². The quantitative estimate of drug-likeness (QED) is 0.197. The highest BCUT2D eigenvalue weighted by Gasteiger charge is 2.28. The van der Waals surface area contributed by atoms with Crippen molar-refractivity contribution in [3.05, 3.63) is 102 Å². The fourth-order valence-corrected chi connectivity index (χ4v) is 6.13. The van der Waals surface area contributed by atoms with Gasteiger partial charge in [0.15, 0.2) is 0 Å². The molecule has 3 aromatic rings. The van der Waals surface area contributed by atoms with E-state index >= 15 is 0 Å². The summed E-state index contributed by atoms with van der Waals surface area (Å²) >= 11 is 0. The summed E-state index contributed by atoms with van der Waals surface area (Å²) in [6.45, 7) is 1.62. The molecule has 49 heavy (non-hydrogen) atoms. The first-order chi connectivity index (χ1) is 23.5. The molecular weight excluding hydrogens is 630 g/mol. The Bertz CT molecular complexity index is 1470. The van der Waals surface area contributed by atoms with Gasteiger partial charge in [-0.25, -0.2) is 0 Å². The molecule has 1 unspecified atom stereocenters. The van der Waals surface area contributed by atoms with Crippen molar-refractivity contribution in [1.29, 1.82) is 0 Å². The second-order valence-electron chi connectivity index (χ2n) is 12.3.